The van der Waals surface area contributed by atoms with E-state index in [1.54, 1.807) is 12.1 Å². The number of hydrogen-bond acceptors (Lipinski definition) is 6. The Labute approximate surface area is 153 Å². The standard InChI is InChI=1S/C19H14N2O6/c22-10-4-6-11(7-5-10)27-14-3-1-2-12-16(14)19(26)21(18(12)25)13-8-9-15(23)20-17(13)24/h1-7,13,22H,8-9H2,(H,20,23,24). The largest absolute Gasteiger partial charge is 0.508 e. The summed E-state index contributed by atoms with van der Waals surface area (Å²) in [5.74, 6) is -1.71. The van der Waals surface area contributed by atoms with Crippen LogP contribution in [0.3, 0.4) is 0 Å². The lowest BCUT2D eigenvalue weighted by Crippen LogP contribution is -2.54. The highest BCUT2D eigenvalue weighted by atomic mass is 16.5. The number of piperidine rings is 1. The number of nitrogens with zero attached hydrogens (tertiary/aromatic N) is 1. The minimum Gasteiger partial charge on any atom is -0.508 e. The third-order valence-corrected chi connectivity index (χ3v) is 4.49. The van der Waals surface area contributed by atoms with Crippen LogP contribution in [0.25, 0.3) is 0 Å². The topological polar surface area (TPSA) is 113 Å². The number of hydrogen-bond donors (Lipinski definition) is 2. The number of carbonyl (C=O) groups is 4. The van der Waals surface area contributed by atoms with Gasteiger partial charge in [0.2, 0.25) is 11.8 Å². The van der Waals surface area contributed by atoms with Crippen molar-refractivity contribution < 1.29 is 29.0 Å². The van der Waals surface area contributed by atoms with Crippen LogP contribution in [0, 0.1) is 0 Å². The molecule has 0 bridgehead atoms. The molecule has 2 heterocycles. The Balaban J connectivity index is 1.68. The third kappa shape index (κ3) is 2.80. The van der Waals surface area contributed by atoms with Gasteiger partial charge in [-0.15, -0.1) is 0 Å². The molecule has 8 nitrogen and oxygen atoms in total. The van der Waals surface area contributed by atoms with E-state index >= 15 is 0 Å². The molecule has 0 saturated carbocycles. The first-order valence-corrected chi connectivity index (χ1v) is 8.27. The van der Waals surface area contributed by atoms with Crippen LogP contribution in [0.5, 0.6) is 17.2 Å². The van der Waals surface area contributed by atoms with Crippen LogP contribution in [0.15, 0.2) is 42.5 Å². The summed E-state index contributed by atoms with van der Waals surface area (Å²) in [7, 11) is 0. The molecule has 8 heteroatoms. The maximum Gasteiger partial charge on any atom is 0.266 e. The van der Waals surface area contributed by atoms with E-state index in [0.29, 0.717) is 5.75 Å². The molecule has 4 rings (SSSR count). The van der Waals surface area contributed by atoms with Gasteiger partial charge in [-0.1, -0.05) is 6.07 Å². The molecule has 1 saturated heterocycles. The highest BCUT2D eigenvalue weighted by molar-refractivity contribution is 6.24. The van der Waals surface area contributed by atoms with E-state index in [2.05, 4.69) is 5.32 Å². The Morgan fingerprint density at radius 2 is 1.74 bits per heavy atom. The molecule has 27 heavy (non-hydrogen) atoms. The zero-order valence-corrected chi connectivity index (χ0v) is 14.0. The number of ether oxygens (including phenoxy) is 1. The first kappa shape index (κ1) is 16.8. The highest BCUT2D eigenvalue weighted by Crippen LogP contribution is 2.35. The fraction of sp³-hybridized carbons (Fsp3) is 0.158. The smallest absolute Gasteiger partial charge is 0.266 e. The van der Waals surface area contributed by atoms with Crippen LogP contribution in [0.1, 0.15) is 33.6 Å². The summed E-state index contributed by atoms with van der Waals surface area (Å²) in [5.41, 5.74) is 0.209. The molecular weight excluding hydrogens is 352 g/mol. The summed E-state index contributed by atoms with van der Waals surface area (Å²) >= 11 is 0. The van der Waals surface area contributed by atoms with Crippen molar-refractivity contribution in [2.45, 2.75) is 18.9 Å². The molecule has 1 unspecified atom stereocenters. The van der Waals surface area contributed by atoms with Gasteiger partial charge in [0.15, 0.2) is 0 Å². The minimum atomic E-state index is -1.03. The van der Waals surface area contributed by atoms with Crippen molar-refractivity contribution >= 4 is 23.6 Å². The van der Waals surface area contributed by atoms with Crippen LogP contribution in [0.2, 0.25) is 0 Å². The maximum atomic E-state index is 12.9. The molecule has 2 aliphatic rings. The molecule has 2 aromatic carbocycles. The predicted octanol–water partition coefficient (Wildman–Crippen LogP) is 1.59. The molecular formula is C19H14N2O6. The van der Waals surface area contributed by atoms with Crippen molar-refractivity contribution in [2.24, 2.45) is 0 Å². The van der Waals surface area contributed by atoms with E-state index in [1.807, 2.05) is 0 Å². The van der Waals surface area contributed by atoms with E-state index in [9.17, 15) is 24.3 Å². The first-order chi connectivity index (χ1) is 13.0. The van der Waals surface area contributed by atoms with Crippen molar-refractivity contribution in [1.82, 2.24) is 10.2 Å². The van der Waals surface area contributed by atoms with E-state index in [1.165, 1.54) is 30.3 Å². The molecule has 2 aromatic rings. The van der Waals surface area contributed by atoms with Crippen LogP contribution >= 0.6 is 0 Å². The van der Waals surface area contributed by atoms with Crippen LogP contribution in [-0.2, 0) is 9.59 Å². The quantitative estimate of drug-likeness (QED) is 0.798. The first-order valence-electron chi connectivity index (χ1n) is 8.27. The summed E-state index contributed by atoms with van der Waals surface area (Å²) in [6.07, 6.45) is 0.144. The Kier molecular flexibility index (Phi) is 3.88. The molecule has 0 aromatic heterocycles. The number of carbonyl (C=O) groups excluding carboxylic acids is 4. The molecule has 2 N–H and O–H groups in total. The average molecular weight is 366 g/mol. The Morgan fingerprint density at radius 1 is 1.00 bits per heavy atom. The molecule has 0 spiro atoms. The van der Waals surface area contributed by atoms with Crippen molar-refractivity contribution in [1.29, 1.82) is 0 Å². The lowest BCUT2D eigenvalue weighted by Gasteiger charge is -2.27. The van der Waals surface area contributed by atoms with Gasteiger partial charge in [0.25, 0.3) is 11.8 Å². The zero-order chi connectivity index (χ0) is 19.1. The second-order valence-electron chi connectivity index (χ2n) is 6.22. The van der Waals surface area contributed by atoms with Crippen molar-refractivity contribution in [3.8, 4) is 17.2 Å². The Morgan fingerprint density at radius 3 is 2.44 bits per heavy atom. The summed E-state index contributed by atoms with van der Waals surface area (Å²) in [5, 5.41) is 11.5. The van der Waals surface area contributed by atoms with Gasteiger partial charge in [0, 0.05) is 6.42 Å². The Bertz CT molecular complexity index is 982. The molecule has 0 radical (unpaired) electrons. The van der Waals surface area contributed by atoms with E-state index in [0.717, 1.165) is 4.90 Å². The van der Waals surface area contributed by atoms with Crippen molar-refractivity contribution in [3.63, 3.8) is 0 Å². The molecule has 1 fully saturated rings. The molecule has 4 amide bonds. The average Bonchev–Trinajstić information content (AvgIpc) is 2.89. The van der Waals surface area contributed by atoms with Gasteiger partial charge in [-0.3, -0.25) is 29.4 Å². The number of rotatable bonds is 3. The molecule has 1 atom stereocenters. The van der Waals surface area contributed by atoms with Gasteiger partial charge in [-0.05, 0) is 42.8 Å². The van der Waals surface area contributed by atoms with Gasteiger partial charge in [-0.2, -0.15) is 0 Å². The number of phenolic OH excluding ortho intramolecular Hbond substituents is 1. The van der Waals surface area contributed by atoms with Crippen molar-refractivity contribution in [2.75, 3.05) is 0 Å². The van der Waals surface area contributed by atoms with Gasteiger partial charge >= 0.3 is 0 Å². The van der Waals surface area contributed by atoms with E-state index in [-0.39, 0.29) is 35.5 Å². The second kappa shape index (κ2) is 6.24. The summed E-state index contributed by atoms with van der Waals surface area (Å²) in [4.78, 5) is 50.0. The number of imide groups is 2. The van der Waals surface area contributed by atoms with Gasteiger partial charge < -0.3 is 9.84 Å². The van der Waals surface area contributed by atoms with E-state index in [4.69, 9.17) is 4.74 Å². The fourth-order valence-electron chi connectivity index (χ4n) is 3.21. The number of aromatic hydroxyl groups is 1. The van der Waals surface area contributed by atoms with Gasteiger partial charge in [0.05, 0.1) is 11.1 Å². The predicted molar refractivity (Wildman–Crippen MR) is 91.3 cm³/mol. The van der Waals surface area contributed by atoms with Gasteiger partial charge in [0.1, 0.15) is 23.3 Å². The summed E-state index contributed by atoms with van der Waals surface area (Å²) in [6, 6.07) is 9.49. The monoisotopic (exact) mass is 366 g/mol. The fourth-order valence-corrected chi connectivity index (χ4v) is 3.21. The summed E-state index contributed by atoms with van der Waals surface area (Å²) < 4.78 is 5.71. The van der Waals surface area contributed by atoms with Crippen LogP contribution in [0.4, 0.5) is 0 Å². The number of phenols is 1. The highest BCUT2D eigenvalue weighted by Gasteiger charge is 2.46. The van der Waals surface area contributed by atoms with Crippen molar-refractivity contribution in [3.05, 3.63) is 53.6 Å². The molecule has 136 valence electrons. The second-order valence-corrected chi connectivity index (χ2v) is 6.22. The lowest BCUT2D eigenvalue weighted by atomic mass is 10.0. The minimum absolute atomic E-state index is 0.0562. The molecule has 2 aliphatic heterocycles. The van der Waals surface area contributed by atoms with E-state index < -0.39 is 29.7 Å². The zero-order valence-electron chi connectivity index (χ0n) is 14.0. The maximum absolute atomic E-state index is 12.9. The lowest BCUT2D eigenvalue weighted by molar-refractivity contribution is -0.136. The van der Waals surface area contributed by atoms with Crippen LogP contribution in [-0.4, -0.2) is 39.7 Å². The normalized spacial score (nSPS) is 19.1. The van der Waals surface area contributed by atoms with Gasteiger partial charge in [-0.25, -0.2) is 0 Å². The number of nitrogens with one attached hydrogen (secondary N) is 1. The third-order valence-electron chi connectivity index (χ3n) is 4.49. The van der Waals surface area contributed by atoms with Crippen LogP contribution < -0.4 is 10.1 Å². The number of amides is 4. The SMILES string of the molecule is O=C1CCC(N2C(=O)c3cccc(Oc4ccc(O)cc4)c3C2=O)C(=O)N1. The number of fused-ring (bicyclic) bond motifs is 1. The number of benzene rings is 2. The Hall–Kier alpha value is -3.68. The molecule has 0 aliphatic carbocycles. The summed E-state index contributed by atoms with van der Waals surface area (Å²) in [6.45, 7) is 0.